The molecule has 0 aromatic rings. The number of hydrogen-bond acceptors (Lipinski definition) is 4. The van der Waals surface area contributed by atoms with Gasteiger partial charge in [-0.15, -0.1) is 24.2 Å². The number of carbonyl (C=O) groups excluding carboxylic acids is 1. The Morgan fingerprint density at radius 1 is 1.39 bits per heavy atom. The molecule has 0 aromatic carbocycles. The van der Waals surface area contributed by atoms with Crippen LogP contribution in [-0.4, -0.2) is 67.1 Å². The van der Waals surface area contributed by atoms with E-state index in [0.29, 0.717) is 5.91 Å². The maximum atomic E-state index is 12.2. The minimum atomic E-state index is 0. The van der Waals surface area contributed by atoms with Crippen molar-refractivity contribution in [1.82, 2.24) is 15.1 Å². The van der Waals surface area contributed by atoms with E-state index in [1.165, 1.54) is 0 Å². The van der Waals surface area contributed by atoms with Gasteiger partial charge in [0.25, 0.3) is 0 Å². The van der Waals surface area contributed by atoms with E-state index in [1.807, 2.05) is 11.8 Å². The van der Waals surface area contributed by atoms with Crippen molar-refractivity contribution in [2.75, 3.05) is 45.4 Å². The van der Waals surface area contributed by atoms with E-state index in [1.54, 1.807) is 0 Å². The molecule has 0 bridgehead atoms. The maximum absolute atomic E-state index is 12.2. The zero-order valence-electron chi connectivity index (χ0n) is 11.2. The van der Waals surface area contributed by atoms with Crippen molar-refractivity contribution in [2.45, 2.75) is 18.9 Å². The first-order chi connectivity index (χ1) is 8.16. The van der Waals surface area contributed by atoms with E-state index < -0.39 is 0 Å². The molecule has 2 aliphatic heterocycles. The van der Waals surface area contributed by atoms with Crippen LogP contribution in [0.3, 0.4) is 0 Å². The lowest BCUT2D eigenvalue weighted by molar-refractivity contribution is -0.134. The summed E-state index contributed by atoms with van der Waals surface area (Å²) in [7, 11) is 4.24. The SMILES string of the molecule is CN(C)CC1CCN(C(=O)C2CSCN2)CC1.Cl. The van der Waals surface area contributed by atoms with Crippen LogP contribution < -0.4 is 5.32 Å². The molecule has 1 N–H and O–H groups in total. The van der Waals surface area contributed by atoms with Crippen LogP contribution >= 0.6 is 24.2 Å². The van der Waals surface area contributed by atoms with Gasteiger partial charge in [0, 0.05) is 31.3 Å². The summed E-state index contributed by atoms with van der Waals surface area (Å²) in [5.74, 6) is 2.95. The summed E-state index contributed by atoms with van der Waals surface area (Å²) in [5, 5.41) is 3.26. The monoisotopic (exact) mass is 293 g/mol. The Morgan fingerprint density at radius 3 is 2.56 bits per heavy atom. The van der Waals surface area contributed by atoms with E-state index in [2.05, 4.69) is 29.2 Å². The minimum Gasteiger partial charge on any atom is -0.341 e. The summed E-state index contributed by atoms with van der Waals surface area (Å²) in [6, 6.07) is 0.0744. The van der Waals surface area contributed by atoms with E-state index in [4.69, 9.17) is 0 Å². The molecule has 2 fully saturated rings. The summed E-state index contributed by atoms with van der Waals surface area (Å²) < 4.78 is 0. The van der Waals surface area contributed by atoms with Gasteiger partial charge in [0.2, 0.25) is 5.91 Å². The van der Waals surface area contributed by atoms with Crippen molar-refractivity contribution in [3.05, 3.63) is 0 Å². The van der Waals surface area contributed by atoms with Crippen molar-refractivity contribution in [3.63, 3.8) is 0 Å². The summed E-state index contributed by atoms with van der Waals surface area (Å²) in [5.41, 5.74) is 0. The standard InChI is InChI=1S/C12H23N3OS.ClH/c1-14(2)7-10-3-5-15(6-4-10)12(16)11-8-17-9-13-11;/h10-11,13H,3-9H2,1-2H3;1H. The van der Waals surface area contributed by atoms with Gasteiger partial charge >= 0.3 is 0 Å². The molecule has 0 saturated carbocycles. The van der Waals surface area contributed by atoms with Gasteiger partial charge in [-0.3, -0.25) is 10.1 Å². The number of rotatable bonds is 3. The first-order valence-corrected chi connectivity index (χ1v) is 7.57. The average Bonchev–Trinajstić information content (AvgIpc) is 2.82. The Bertz CT molecular complexity index is 264. The van der Waals surface area contributed by atoms with Crippen LogP contribution in [0.2, 0.25) is 0 Å². The fourth-order valence-electron chi connectivity index (χ4n) is 2.63. The number of halogens is 1. The zero-order valence-corrected chi connectivity index (χ0v) is 12.9. The first-order valence-electron chi connectivity index (χ1n) is 6.41. The Hall–Kier alpha value is 0.0300. The fourth-order valence-corrected chi connectivity index (χ4v) is 3.56. The molecule has 0 spiro atoms. The number of thioether (sulfide) groups is 1. The van der Waals surface area contributed by atoms with Gasteiger partial charge in [-0.1, -0.05) is 0 Å². The molecular weight excluding hydrogens is 270 g/mol. The highest BCUT2D eigenvalue weighted by Gasteiger charge is 2.30. The Morgan fingerprint density at radius 2 is 2.06 bits per heavy atom. The van der Waals surface area contributed by atoms with Crippen LogP contribution in [0.4, 0.5) is 0 Å². The lowest BCUT2D eigenvalue weighted by Gasteiger charge is -2.34. The second-order valence-electron chi connectivity index (χ2n) is 5.30. The summed E-state index contributed by atoms with van der Waals surface area (Å²) in [6.07, 6.45) is 2.31. The van der Waals surface area contributed by atoms with Crippen molar-refractivity contribution < 1.29 is 4.79 Å². The predicted molar refractivity (Wildman–Crippen MR) is 79.4 cm³/mol. The minimum absolute atomic E-state index is 0. The highest BCUT2D eigenvalue weighted by Crippen LogP contribution is 2.20. The van der Waals surface area contributed by atoms with Crippen LogP contribution in [0, 0.1) is 5.92 Å². The molecule has 1 amide bonds. The first kappa shape index (κ1) is 16.1. The number of carbonyl (C=O) groups is 1. The van der Waals surface area contributed by atoms with Gasteiger partial charge in [-0.25, -0.2) is 0 Å². The number of nitrogens with zero attached hydrogens (tertiary/aromatic N) is 2. The van der Waals surface area contributed by atoms with E-state index in [9.17, 15) is 4.79 Å². The van der Waals surface area contributed by atoms with Crippen LogP contribution in [0.25, 0.3) is 0 Å². The molecule has 1 atom stereocenters. The highest BCUT2D eigenvalue weighted by atomic mass is 35.5. The van der Waals surface area contributed by atoms with Gasteiger partial charge in [0.05, 0.1) is 6.04 Å². The van der Waals surface area contributed by atoms with Crippen LogP contribution in [0.15, 0.2) is 0 Å². The molecule has 6 heteroatoms. The lowest BCUT2D eigenvalue weighted by atomic mass is 9.96. The summed E-state index contributed by atoms with van der Waals surface area (Å²) in [6.45, 7) is 3.04. The highest BCUT2D eigenvalue weighted by molar-refractivity contribution is 7.99. The summed E-state index contributed by atoms with van der Waals surface area (Å²) in [4.78, 5) is 16.5. The third kappa shape index (κ3) is 4.30. The molecular formula is C12H24ClN3OS. The van der Waals surface area contributed by atoms with Gasteiger partial charge in [0.15, 0.2) is 0 Å². The van der Waals surface area contributed by atoms with Gasteiger partial charge < -0.3 is 9.80 Å². The predicted octanol–water partition coefficient (Wildman–Crippen LogP) is 0.871. The number of hydrogen-bond donors (Lipinski definition) is 1. The van der Waals surface area contributed by atoms with Gasteiger partial charge in [-0.05, 0) is 32.9 Å². The van der Waals surface area contributed by atoms with Crippen molar-refractivity contribution >= 4 is 30.1 Å². The van der Waals surface area contributed by atoms with Gasteiger partial charge in [0.1, 0.15) is 0 Å². The molecule has 0 aromatic heterocycles. The van der Waals surface area contributed by atoms with Crippen molar-refractivity contribution in [3.8, 4) is 0 Å². The third-order valence-corrected chi connectivity index (χ3v) is 4.50. The molecule has 2 saturated heterocycles. The molecule has 2 rings (SSSR count). The molecule has 0 radical (unpaired) electrons. The molecule has 18 heavy (non-hydrogen) atoms. The maximum Gasteiger partial charge on any atom is 0.240 e. The molecule has 2 aliphatic rings. The quantitative estimate of drug-likeness (QED) is 0.838. The number of piperidine rings is 1. The van der Waals surface area contributed by atoms with E-state index in [0.717, 1.165) is 50.0 Å². The zero-order chi connectivity index (χ0) is 12.3. The molecule has 0 aliphatic carbocycles. The Balaban J connectivity index is 0.00000162. The van der Waals surface area contributed by atoms with Gasteiger partial charge in [-0.2, -0.15) is 0 Å². The molecule has 4 nitrogen and oxygen atoms in total. The van der Waals surface area contributed by atoms with E-state index >= 15 is 0 Å². The second kappa shape index (κ2) is 7.58. The van der Waals surface area contributed by atoms with Crippen molar-refractivity contribution in [2.24, 2.45) is 5.92 Å². The molecule has 1 unspecified atom stereocenters. The largest absolute Gasteiger partial charge is 0.341 e. The number of nitrogens with one attached hydrogen (secondary N) is 1. The van der Waals surface area contributed by atoms with Crippen LogP contribution in [0.5, 0.6) is 0 Å². The molecule has 106 valence electrons. The fraction of sp³-hybridized carbons (Fsp3) is 0.917. The smallest absolute Gasteiger partial charge is 0.240 e. The summed E-state index contributed by atoms with van der Waals surface area (Å²) >= 11 is 1.82. The Labute approximate surface area is 120 Å². The number of likely N-dealkylation sites (tertiary alicyclic amines) is 1. The third-order valence-electron chi connectivity index (χ3n) is 3.56. The lowest BCUT2D eigenvalue weighted by Crippen LogP contribution is -2.48. The van der Waals surface area contributed by atoms with Crippen LogP contribution in [0.1, 0.15) is 12.8 Å². The second-order valence-corrected chi connectivity index (χ2v) is 6.33. The Kier molecular flexibility index (Phi) is 6.77. The van der Waals surface area contributed by atoms with E-state index in [-0.39, 0.29) is 18.4 Å². The average molecular weight is 294 g/mol. The van der Waals surface area contributed by atoms with Crippen molar-refractivity contribution in [1.29, 1.82) is 0 Å². The molecule has 2 heterocycles. The normalized spacial score (nSPS) is 25.3. The number of amides is 1. The van der Waals surface area contributed by atoms with Crippen LogP contribution in [-0.2, 0) is 4.79 Å². The topological polar surface area (TPSA) is 35.6 Å².